The third kappa shape index (κ3) is 7.11. The molecule has 62 valence electrons. The fourth-order valence-electron chi connectivity index (χ4n) is 0.616. The van der Waals surface area contributed by atoms with Crippen LogP contribution in [0.3, 0.4) is 0 Å². The molecule has 0 aliphatic heterocycles. The van der Waals surface area contributed by atoms with Gasteiger partial charge in [-0.25, -0.2) is 0 Å². The second-order valence-electron chi connectivity index (χ2n) is 2.59. The van der Waals surface area contributed by atoms with Crippen LogP contribution in [0.15, 0.2) is 36.0 Å². The molecule has 0 unspecified atom stereocenters. The van der Waals surface area contributed by atoms with Crippen LogP contribution in [0.5, 0.6) is 0 Å². The highest BCUT2D eigenvalue weighted by atomic mass is 13.8. The largest absolute Gasteiger partial charge is 0.0848 e. The lowest BCUT2D eigenvalue weighted by Crippen LogP contribution is -1.66. The van der Waals surface area contributed by atoms with Gasteiger partial charge in [-0.3, -0.25) is 0 Å². The summed E-state index contributed by atoms with van der Waals surface area (Å²) in [6, 6.07) is 0. The molecule has 0 saturated carbocycles. The molecule has 11 heavy (non-hydrogen) atoms. The van der Waals surface area contributed by atoms with E-state index in [1.54, 1.807) is 0 Å². The molecule has 0 spiro atoms. The SMILES string of the molecule is CC/C=C/C=C/C=C(\C)CC. The summed E-state index contributed by atoms with van der Waals surface area (Å²) in [4.78, 5) is 0. The fourth-order valence-corrected chi connectivity index (χ4v) is 0.616. The van der Waals surface area contributed by atoms with Crippen molar-refractivity contribution in [1.82, 2.24) is 0 Å². The molecule has 0 saturated heterocycles. The maximum Gasteiger partial charge on any atom is -0.0349 e. The summed E-state index contributed by atoms with van der Waals surface area (Å²) in [7, 11) is 0. The van der Waals surface area contributed by atoms with Crippen LogP contribution in [0, 0.1) is 0 Å². The maximum atomic E-state index is 2.17. The highest BCUT2D eigenvalue weighted by Crippen LogP contribution is 1.97. The molecule has 0 heteroatoms. The topological polar surface area (TPSA) is 0 Å². The van der Waals surface area contributed by atoms with Crippen LogP contribution in [0.25, 0.3) is 0 Å². The second kappa shape index (κ2) is 7.33. The van der Waals surface area contributed by atoms with E-state index in [4.69, 9.17) is 0 Å². The van der Waals surface area contributed by atoms with Crippen LogP contribution in [0.2, 0.25) is 0 Å². The standard InChI is InChI=1S/C11H18/c1-4-6-7-8-9-10-11(3)5-2/h6-10H,4-5H2,1-3H3/b7-6+,9-8+,11-10+. The summed E-state index contributed by atoms with van der Waals surface area (Å²) in [5.74, 6) is 0. The molecule has 0 aromatic heterocycles. The van der Waals surface area contributed by atoms with E-state index < -0.39 is 0 Å². The Balaban J connectivity index is 3.67. The fraction of sp³-hybridized carbons (Fsp3) is 0.455. The minimum atomic E-state index is 1.11. The minimum absolute atomic E-state index is 1.11. The van der Waals surface area contributed by atoms with E-state index in [0.717, 1.165) is 12.8 Å². The van der Waals surface area contributed by atoms with E-state index in [9.17, 15) is 0 Å². The number of hydrogen-bond acceptors (Lipinski definition) is 0. The molecule has 0 heterocycles. The summed E-state index contributed by atoms with van der Waals surface area (Å²) < 4.78 is 0. The molecule has 0 aliphatic rings. The summed E-state index contributed by atoms with van der Waals surface area (Å²) in [5, 5.41) is 0. The average molecular weight is 150 g/mol. The van der Waals surface area contributed by atoms with E-state index in [1.807, 2.05) is 0 Å². The predicted molar refractivity (Wildman–Crippen MR) is 52.6 cm³/mol. The smallest absolute Gasteiger partial charge is 0.0349 e. The molecule has 0 radical (unpaired) electrons. The molecule has 0 aromatic carbocycles. The van der Waals surface area contributed by atoms with Crippen molar-refractivity contribution in [1.29, 1.82) is 0 Å². The molecular weight excluding hydrogens is 132 g/mol. The van der Waals surface area contributed by atoms with Crippen molar-refractivity contribution in [3.8, 4) is 0 Å². The van der Waals surface area contributed by atoms with Gasteiger partial charge in [-0.15, -0.1) is 0 Å². The van der Waals surface area contributed by atoms with Gasteiger partial charge in [0.05, 0.1) is 0 Å². The first kappa shape index (κ1) is 10.2. The molecule has 0 N–H and O–H groups in total. The van der Waals surface area contributed by atoms with Gasteiger partial charge in [-0.1, -0.05) is 49.8 Å². The van der Waals surface area contributed by atoms with Gasteiger partial charge < -0.3 is 0 Å². The molecule has 0 nitrogen and oxygen atoms in total. The summed E-state index contributed by atoms with van der Waals surface area (Å²) >= 11 is 0. The van der Waals surface area contributed by atoms with E-state index in [-0.39, 0.29) is 0 Å². The van der Waals surface area contributed by atoms with Crippen molar-refractivity contribution >= 4 is 0 Å². The molecule has 0 fully saturated rings. The number of hydrogen-bond donors (Lipinski definition) is 0. The van der Waals surface area contributed by atoms with Gasteiger partial charge in [0.15, 0.2) is 0 Å². The van der Waals surface area contributed by atoms with Gasteiger partial charge in [0.2, 0.25) is 0 Å². The lowest BCUT2D eigenvalue weighted by molar-refractivity contribution is 1.10. The molecule has 0 aromatic rings. The van der Waals surface area contributed by atoms with Gasteiger partial charge in [0.25, 0.3) is 0 Å². The molecule has 0 aliphatic carbocycles. The molecule has 0 atom stereocenters. The van der Waals surface area contributed by atoms with Crippen LogP contribution < -0.4 is 0 Å². The Hall–Kier alpha value is -0.780. The predicted octanol–water partition coefficient (Wildman–Crippen LogP) is 3.87. The Labute approximate surface area is 70.3 Å². The number of allylic oxidation sites excluding steroid dienone is 6. The molecule has 0 rings (SSSR count). The van der Waals surface area contributed by atoms with Crippen molar-refractivity contribution < 1.29 is 0 Å². The van der Waals surface area contributed by atoms with E-state index in [1.165, 1.54) is 5.57 Å². The Kier molecular flexibility index (Phi) is 6.81. The van der Waals surface area contributed by atoms with Gasteiger partial charge in [-0.05, 0) is 19.8 Å². The summed E-state index contributed by atoms with van der Waals surface area (Å²) in [5.41, 5.74) is 1.42. The molecule has 0 amide bonds. The van der Waals surface area contributed by atoms with Crippen molar-refractivity contribution in [2.75, 3.05) is 0 Å². The Bertz CT molecular complexity index is 159. The van der Waals surface area contributed by atoms with Gasteiger partial charge in [-0.2, -0.15) is 0 Å². The molecule has 0 bridgehead atoms. The zero-order valence-electron chi connectivity index (χ0n) is 7.80. The maximum absolute atomic E-state index is 2.17. The minimum Gasteiger partial charge on any atom is -0.0848 e. The second-order valence-corrected chi connectivity index (χ2v) is 2.59. The zero-order valence-corrected chi connectivity index (χ0v) is 7.80. The normalized spacial score (nSPS) is 13.5. The van der Waals surface area contributed by atoms with Crippen molar-refractivity contribution in [3.63, 3.8) is 0 Å². The molecular formula is C11H18. The van der Waals surface area contributed by atoms with Crippen molar-refractivity contribution in [3.05, 3.63) is 36.0 Å². The quantitative estimate of drug-likeness (QED) is 0.534. The van der Waals surface area contributed by atoms with Gasteiger partial charge >= 0.3 is 0 Å². The highest BCUT2D eigenvalue weighted by Gasteiger charge is 1.76. The monoisotopic (exact) mass is 150 g/mol. The summed E-state index contributed by atoms with van der Waals surface area (Å²) in [6.07, 6.45) is 12.8. The Morgan fingerprint density at radius 1 is 1.09 bits per heavy atom. The first-order valence-corrected chi connectivity index (χ1v) is 4.30. The van der Waals surface area contributed by atoms with Gasteiger partial charge in [0, 0.05) is 0 Å². The van der Waals surface area contributed by atoms with E-state index in [2.05, 4.69) is 51.2 Å². The van der Waals surface area contributed by atoms with Crippen molar-refractivity contribution in [2.45, 2.75) is 33.6 Å². The third-order valence-electron chi connectivity index (χ3n) is 1.53. The van der Waals surface area contributed by atoms with Crippen LogP contribution in [-0.4, -0.2) is 0 Å². The van der Waals surface area contributed by atoms with Gasteiger partial charge in [0.1, 0.15) is 0 Å². The zero-order chi connectivity index (χ0) is 8.53. The van der Waals surface area contributed by atoms with Crippen LogP contribution in [0.1, 0.15) is 33.6 Å². The van der Waals surface area contributed by atoms with E-state index in [0.29, 0.717) is 0 Å². The third-order valence-corrected chi connectivity index (χ3v) is 1.53. The first-order chi connectivity index (χ1) is 5.31. The average Bonchev–Trinajstić information content (AvgIpc) is 2.04. The van der Waals surface area contributed by atoms with Crippen LogP contribution in [0.4, 0.5) is 0 Å². The number of rotatable bonds is 4. The summed E-state index contributed by atoms with van der Waals surface area (Å²) in [6.45, 7) is 6.45. The lowest BCUT2D eigenvalue weighted by Gasteiger charge is -1.87. The van der Waals surface area contributed by atoms with Crippen LogP contribution >= 0.6 is 0 Å². The van der Waals surface area contributed by atoms with Crippen LogP contribution in [-0.2, 0) is 0 Å². The van der Waals surface area contributed by atoms with Crippen molar-refractivity contribution in [2.24, 2.45) is 0 Å². The Morgan fingerprint density at radius 2 is 1.82 bits per heavy atom. The first-order valence-electron chi connectivity index (χ1n) is 4.30. The van der Waals surface area contributed by atoms with E-state index >= 15 is 0 Å². The Morgan fingerprint density at radius 3 is 2.36 bits per heavy atom. The lowest BCUT2D eigenvalue weighted by atomic mass is 10.2. The highest BCUT2D eigenvalue weighted by molar-refractivity contribution is 5.14.